The average molecular weight is 341 g/mol. The smallest absolute Gasteiger partial charge is 0.271 e. The van der Waals surface area contributed by atoms with Crippen molar-refractivity contribution in [3.63, 3.8) is 0 Å². The number of sulfonamides is 1. The van der Waals surface area contributed by atoms with Gasteiger partial charge in [0.1, 0.15) is 9.96 Å². The lowest BCUT2D eigenvalue weighted by atomic mass is 10.2. The van der Waals surface area contributed by atoms with Crippen LogP contribution in [0.4, 0.5) is 5.69 Å². The third kappa shape index (κ3) is 2.80. The van der Waals surface area contributed by atoms with E-state index in [0.29, 0.717) is 15.2 Å². The Balaban J connectivity index is 2.09. The number of phenolic OH excluding ortho intramolecular Hbond substituents is 1. The molecule has 0 aliphatic heterocycles. The van der Waals surface area contributed by atoms with Crippen LogP contribution in [0.25, 0.3) is 10.9 Å². The Hall–Kier alpha value is -1.83. The first-order chi connectivity index (χ1) is 9.95. The molecule has 0 aliphatic rings. The van der Waals surface area contributed by atoms with Crippen LogP contribution in [-0.2, 0) is 10.0 Å². The van der Waals surface area contributed by atoms with Gasteiger partial charge >= 0.3 is 0 Å². The molecule has 3 aromatic rings. The first-order valence-electron chi connectivity index (χ1n) is 5.81. The van der Waals surface area contributed by atoms with Crippen molar-refractivity contribution in [1.29, 1.82) is 0 Å². The molecule has 0 saturated heterocycles. The molecule has 2 N–H and O–H groups in total. The van der Waals surface area contributed by atoms with Crippen LogP contribution in [0.1, 0.15) is 0 Å². The lowest BCUT2D eigenvalue weighted by Gasteiger charge is -2.09. The SMILES string of the molecule is O=S(=O)(Nc1cc(O)cc2cccnc12)c1ccc(Cl)s1. The molecule has 0 spiro atoms. The Labute approximate surface area is 129 Å². The fourth-order valence-corrected chi connectivity index (χ4v) is 4.43. The van der Waals surface area contributed by atoms with Gasteiger partial charge in [-0.05, 0) is 24.3 Å². The van der Waals surface area contributed by atoms with E-state index in [9.17, 15) is 13.5 Å². The van der Waals surface area contributed by atoms with Gasteiger partial charge in [-0.2, -0.15) is 0 Å². The number of nitrogens with one attached hydrogen (secondary N) is 1. The number of aromatic hydroxyl groups is 1. The number of benzene rings is 1. The number of hydrogen-bond donors (Lipinski definition) is 2. The highest BCUT2D eigenvalue weighted by Crippen LogP contribution is 2.31. The Bertz CT molecular complexity index is 922. The maximum Gasteiger partial charge on any atom is 0.271 e. The van der Waals surface area contributed by atoms with Gasteiger partial charge < -0.3 is 5.11 Å². The molecule has 0 atom stereocenters. The molecule has 0 unspecified atom stereocenters. The van der Waals surface area contributed by atoms with Crippen LogP contribution in [0, 0.1) is 0 Å². The summed E-state index contributed by atoms with van der Waals surface area (Å²) in [5.41, 5.74) is 0.677. The third-order valence-corrected chi connectivity index (χ3v) is 5.84. The molecule has 0 fully saturated rings. The summed E-state index contributed by atoms with van der Waals surface area (Å²) in [6.07, 6.45) is 1.55. The zero-order valence-corrected chi connectivity index (χ0v) is 12.8. The van der Waals surface area contributed by atoms with Gasteiger partial charge in [0, 0.05) is 17.6 Å². The van der Waals surface area contributed by atoms with Crippen molar-refractivity contribution in [3.05, 3.63) is 46.9 Å². The van der Waals surface area contributed by atoms with Crippen LogP contribution in [0.3, 0.4) is 0 Å². The van der Waals surface area contributed by atoms with Crippen molar-refractivity contribution in [2.45, 2.75) is 4.21 Å². The summed E-state index contributed by atoms with van der Waals surface area (Å²) in [5, 5.41) is 10.3. The molecule has 5 nitrogen and oxygen atoms in total. The summed E-state index contributed by atoms with van der Waals surface area (Å²) in [4.78, 5) is 4.14. The standard InChI is InChI=1S/C13H9ClN2O3S2/c14-11-3-4-12(20-11)21(18,19)16-10-7-9(17)6-8-2-1-5-15-13(8)10/h1-7,16-17H. The van der Waals surface area contributed by atoms with Crippen molar-refractivity contribution in [2.24, 2.45) is 0 Å². The minimum atomic E-state index is -3.77. The van der Waals surface area contributed by atoms with E-state index in [4.69, 9.17) is 11.6 Å². The number of thiophene rings is 1. The van der Waals surface area contributed by atoms with E-state index >= 15 is 0 Å². The molecule has 8 heteroatoms. The molecule has 2 aromatic heterocycles. The molecular weight excluding hydrogens is 332 g/mol. The van der Waals surface area contributed by atoms with Gasteiger partial charge in [0.25, 0.3) is 10.0 Å². The first-order valence-corrected chi connectivity index (χ1v) is 8.49. The zero-order chi connectivity index (χ0) is 15.0. The Morgan fingerprint density at radius 2 is 2.05 bits per heavy atom. The molecule has 0 saturated carbocycles. The minimum absolute atomic E-state index is 0.0441. The molecule has 21 heavy (non-hydrogen) atoms. The van der Waals surface area contributed by atoms with Gasteiger partial charge in [0.15, 0.2) is 0 Å². The van der Waals surface area contributed by atoms with Crippen LogP contribution >= 0.6 is 22.9 Å². The van der Waals surface area contributed by atoms with Crippen LogP contribution < -0.4 is 4.72 Å². The lowest BCUT2D eigenvalue weighted by molar-refractivity contribution is 0.476. The summed E-state index contributed by atoms with van der Waals surface area (Å²) in [6.45, 7) is 0. The van der Waals surface area contributed by atoms with Gasteiger partial charge in [-0.1, -0.05) is 17.7 Å². The molecule has 1 aromatic carbocycles. The van der Waals surface area contributed by atoms with Gasteiger partial charge in [0.2, 0.25) is 0 Å². The van der Waals surface area contributed by atoms with Crippen LogP contribution in [0.5, 0.6) is 5.75 Å². The van der Waals surface area contributed by atoms with Gasteiger partial charge in [-0.25, -0.2) is 8.42 Å². The number of aromatic nitrogens is 1. The molecule has 108 valence electrons. The second kappa shape index (κ2) is 5.18. The zero-order valence-electron chi connectivity index (χ0n) is 10.4. The van der Waals surface area contributed by atoms with Crippen molar-refractivity contribution in [2.75, 3.05) is 4.72 Å². The molecule has 2 heterocycles. The fourth-order valence-electron chi connectivity index (χ4n) is 1.89. The van der Waals surface area contributed by atoms with Gasteiger partial charge in [-0.3, -0.25) is 9.71 Å². The highest BCUT2D eigenvalue weighted by Gasteiger charge is 2.18. The predicted octanol–water partition coefficient (Wildman–Crippen LogP) is 3.46. The molecule has 0 amide bonds. The molecule has 0 radical (unpaired) electrons. The Kier molecular flexibility index (Phi) is 3.48. The topological polar surface area (TPSA) is 79.3 Å². The predicted molar refractivity (Wildman–Crippen MR) is 83.5 cm³/mol. The monoisotopic (exact) mass is 340 g/mol. The second-order valence-electron chi connectivity index (χ2n) is 4.23. The second-order valence-corrected chi connectivity index (χ2v) is 7.86. The molecule has 3 rings (SSSR count). The van der Waals surface area contributed by atoms with Crippen molar-refractivity contribution in [1.82, 2.24) is 4.98 Å². The quantitative estimate of drug-likeness (QED) is 0.765. The van der Waals surface area contributed by atoms with E-state index in [1.165, 1.54) is 24.3 Å². The number of hydrogen-bond acceptors (Lipinski definition) is 5. The van der Waals surface area contributed by atoms with Crippen LogP contribution in [0.15, 0.2) is 46.8 Å². The highest BCUT2D eigenvalue weighted by atomic mass is 35.5. The van der Waals surface area contributed by atoms with Crippen LogP contribution in [0.2, 0.25) is 4.34 Å². The van der Waals surface area contributed by atoms with E-state index in [1.54, 1.807) is 18.3 Å². The Morgan fingerprint density at radius 3 is 2.76 bits per heavy atom. The van der Waals surface area contributed by atoms with E-state index in [0.717, 1.165) is 11.3 Å². The van der Waals surface area contributed by atoms with E-state index in [2.05, 4.69) is 9.71 Å². The average Bonchev–Trinajstić information content (AvgIpc) is 2.86. The number of phenols is 1. The summed E-state index contributed by atoms with van der Waals surface area (Å²) in [5.74, 6) is -0.0441. The molecule has 0 aliphatic carbocycles. The Morgan fingerprint density at radius 1 is 1.24 bits per heavy atom. The normalized spacial score (nSPS) is 11.7. The third-order valence-electron chi connectivity index (χ3n) is 2.75. The van der Waals surface area contributed by atoms with Gasteiger partial charge in [-0.15, -0.1) is 11.3 Å². The fraction of sp³-hybridized carbons (Fsp3) is 0. The van der Waals surface area contributed by atoms with E-state index in [1.807, 2.05) is 0 Å². The minimum Gasteiger partial charge on any atom is -0.508 e. The maximum absolute atomic E-state index is 12.3. The van der Waals surface area contributed by atoms with E-state index < -0.39 is 10.0 Å². The van der Waals surface area contributed by atoms with E-state index in [-0.39, 0.29) is 15.6 Å². The number of nitrogens with zero attached hydrogens (tertiary/aromatic N) is 1. The van der Waals surface area contributed by atoms with Crippen molar-refractivity contribution >= 4 is 49.6 Å². The summed E-state index contributed by atoms with van der Waals surface area (Å²) >= 11 is 6.72. The summed E-state index contributed by atoms with van der Waals surface area (Å²) < 4.78 is 27.5. The number of pyridine rings is 1. The van der Waals surface area contributed by atoms with Crippen LogP contribution in [-0.4, -0.2) is 18.5 Å². The lowest BCUT2D eigenvalue weighted by Crippen LogP contribution is -2.12. The summed E-state index contributed by atoms with van der Waals surface area (Å²) in [6, 6.07) is 9.22. The largest absolute Gasteiger partial charge is 0.508 e. The van der Waals surface area contributed by atoms with Crippen molar-refractivity contribution < 1.29 is 13.5 Å². The number of fused-ring (bicyclic) bond motifs is 1. The van der Waals surface area contributed by atoms with Gasteiger partial charge in [0.05, 0.1) is 15.5 Å². The summed E-state index contributed by atoms with van der Waals surface area (Å²) in [7, 11) is -3.77. The molecule has 0 bridgehead atoms. The number of anilines is 1. The molecular formula is C13H9ClN2O3S2. The van der Waals surface area contributed by atoms with Crippen molar-refractivity contribution in [3.8, 4) is 5.75 Å². The maximum atomic E-state index is 12.3. The highest BCUT2D eigenvalue weighted by molar-refractivity contribution is 7.94. The number of rotatable bonds is 3. The first kappa shape index (κ1) is 14.1. The number of halogens is 1.